The van der Waals surface area contributed by atoms with Crippen molar-refractivity contribution in [3.8, 4) is 11.1 Å². The number of hydrogen-bond donors (Lipinski definition) is 2. The maximum atomic E-state index is 12.2. The molecule has 8 nitrogen and oxygen atoms in total. The van der Waals surface area contributed by atoms with Crippen LogP contribution in [0.15, 0.2) is 60.9 Å². The first-order valence-electron chi connectivity index (χ1n) is 9.90. The van der Waals surface area contributed by atoms with E-state index in [0.717, 1.165) is 33.7 Å². The zero-order valence-electron chi connectivity index (χ0n) is 16.6. The van der Waals surface area contributed by atoms with Gasteiger partial charge in [0, 0.05) is 17.5 Å². The van der Waals surface area contributed by atoms with E-state index in [-0.39, 0.29) is 17.0 Å². The van der Waals surface area contributed by atoms with Gasteiger partial charge in [0.2, 0.25) is 5.91 Å². The van der Waals surface area contributed by atoms with Crippen LogP contribution in [-0.2, 0) is 16.1 Å². The molecule has 1 amide bonds. The lowest BCUT2D eigenvalue weighted by Gasteiger charge is -2.26. The number of aromatic amines is 1. The normalized spacial score (nSPS) is 14.3. The molecular weight excluding hydrogens is 450 g/mol. The van der Waals surface area contributed by atoms with E-state index in [4.69, 9.17) is 11.6 Å². The summed E-state index contributed by atoms with van der Waals surface area (Å²) >= 11 is 3.27. The average molecular weight is 467 g/mol. The van der Waals surface area contributed by atoms with Crippen molar-refractivity contribution in [1.29, 1.82) is 0 Å². The predicted molar refractivity (Wildman–Crippen MR) is 123 cm³/mol. The molecule has 2 N–H and O–H groups in total. The summed E-state index contributed by atoms with van der Waals surface area (Å²) in [6, 6.07) is 13.9. The van der Waals surface area contributed by atoms with Gasteiger partial charge >= 0.3 is 0 Å². The lowest BCUT2D eigenvalue weighted by molar-refractivity contribution is -0.117. The van der Waals surface area contributed by atoms with Gasteiger partial charge in [-0.3, -0.25) is 13.3 Å². The molecule has 1 aliphatic carbocycles. The van der Waals surface area contributed by atoms with Gasteiger partial charge in [0.05, 0.1) is 28.8 Å². The molecule has 0 aliphatic heterocycles. The molecule has 1 saturated carbocycles. The molecular formula is C22H17ClN5O3S-. The molecule has 1 atom stereocenters. The van der Waals surface area contributed by atoms with Gasteiger partial charge in [-0.05, 0) is 60.4 Å². The van der Waals surface area contributed by atoms with E-state index in [2.05, 4.69) is 20.3 Å². The number of nitrogens with one attached hydrogen (secondary N) is 2. The van der Waals surface area contributed by atoms with Crippen molar-refractivity contribution in [2.24, 2.45) is 5.92 Å². The number of hydrogen-bond acceptors (Lipinski definition) is 5. The summed E-state index contributed by atoms with van der Waals surface area (Å²) in [6.45, 7) is 0. The van der Waals surface area contributed by atoms with E-state index >= 15 is 0 Å². The van der Waals surface area contributed by atoms with E-state index in [1.165, 1.54) is 12.3 Å². The number of amides is 1. The third-order valence-corrected chi connectivity index (χ3v) is 6.18. The molecule has 3 aromatic heterocycles. The number of nitrogens with zero attached hydrogens (tertiary/aromatic N) is 3. The predicted octanol–water partition coefficient (Wildman–Crippen LogP) is 4.56. The molecule has 162 valence electrons. The third kappa shape index (κ3) is 4.10. The molecule has 0 spiro atoms. The van der Waals surface area contributed by atoms with Crippen LogP contribution in [0.3, 0.4) is 0 Å². The van der Waals surface area contributed by atoms with E-state index in [9.17, 15) is 13.6 Å². The van der Waals surface area contributed by atoms with Crippen molar-refractivity contribution in [3.63, 3.8) is 0 Å². The first kappa shape index (κ1) is 20.6. The van der Waals surface area contributed by atoms with Crippen LogP contribution in [0.1, 0.15) is 12.8 Å². The minimum atomic E-state index is -2.55. The highest BCUT2D eigenvalue weighted by Gasteiger charge is 2.30. The largest absolute Gasteiger partial charge is 0.755 e. The third-order valence-electron chi connectivity index (χ3n) is 5.24. The van der Waals surface area contributed by atoms with Crippen molar-refractivity contribution in [1.82, 2.24) is 15.0 Å². The summed E-state index contributed by atoms with van der Waals surface area (Å²) in [5.74, 6) is 0.528. The monoisotopic (exact) mass is 466 g/mol. The van der Waals surface area contributed by atoms with Crippen LogP contribution in [0.4, 0.5) is 17.2 Å². The zero-order valence-corrected chi connectivity index (χ0v) is 18.2. The fraction of sp³-hybridized carbons (Fsp3) is 0.136. The first-order chi connectivity index (χ1) is 15.5. The molecule has 4 aromatic rings. The Hall–Kier alpha value is -3.27. The summed E-state index contributed by atoms with van der Waals surface area (Å²) in [5.41, 5.74) is 3.21. The summed E-state index contributed by atoms with van der Waals surface area (Å²) in [6.07, 6.45) is 5.00. The van der Waals surface area contributed by atoms with Crippen LogP contribution in [0.5, 0.6) is 0 Å². The number of H-pyrrole nitrogens is 1. The highest BCUT2D eigenvalue weighted by Crippen LogP contribution is 2.34. The average Bonchev–Trinajstić information content (AvgIpc) is 3.53. The van der Waals surface area contributed by atoms with Crippen molar-refractivity contribution in [2.75, 3.05) is 9.62 Å². The van der Waals surface area contributed by atoms with Gasteiger partial charge < -0.3 is 14.9 Å². The van der Waals surface area contributed by atoms with E-state index in [1.54, 1.807) is 24.4 Å². The Morgan fingerprint density at radius 1 is 1.16 bits per heavy atom. The minimum Gasteiger partial charge on any atom is -0.755 e. The number of aromatic nitrogens is 3. The maximum Gasteiger partial charge on any atom is 0.228 e. The number of anilines is 3. The summed E-state index contributed by atoms with van der Waals surface area (Å²) in [5, 5.41) is 4.06. The van der Waals surface area contributed by atoms with E-state index in [0.29, 0.717) is 22.8 Å². The molecule has 1 unspecified atom stereocenters. The number of carbonyl (C=O) groups excluding carboxylic acids is 1. The standard InChI is InChI=1S/C22H18ClN5O3S/c23-19-8-7-16(12-25-19)28(32(30)31)15-5-3-13(4-6-15)18-11-20(27-22(29)14-1-2-14)26-21-17(18)9-10-24-21/h3-12,14H,1-2H2,(H,30,31)(H2,24,26,27,29)/p-1. The lowest BCUT2D eigenvalue weighted by atomic mass is 10.0. The molecule has 0 bridgehead atoms. The van der Waals surface area contributed by atoms with Crippen LogP contribution >= 0.6 is 11.6 Å². The highest BCUT2D eigenvalue weighted by molar-refractivity contribution is 7.81. The van der Waals surface area contributed by atoms with Gasteiger partial charge in [-0.1, -0.05) is 23.7 Å². The summed E-state index contributed by atoms with van der Waals surface area (Å²) < 4.78 is 24.9. The Morgan fingerprint density at radius 3 is 2.56 bits per heavy atom. The summed E-state index contributed by atoms with van der Waals surface area (Å²) in [7, 11) is 0. The van der Waals surface area contributed by atoms with Gasteiger partial charge in [0.15, 0.2) is 0 Å². The highest BCUT2D eigenvalue weighted by atomic mass is 35.5. The Kier molecular flexibility index (Phi) is 5.38. The van der Waals surface area contributed by atoms with Crippen molar-refractivity contribution in [2.45, 2.75) is 12.8 Å². The van der Waals surface area contributed by atoms with Crippen LogP contribution in [-0.4, -0.2) is 29.6 Å². The van der Waals surface area contributed by atoms with Crippen LogP contribution in [0.25, 0.3) is 22.2 Å². The van der Waals surface area contributed by atoms with Crippen LogP contribution in [0, 0.1) is 5.92 Å². The van der Waals surface area contributed by atoms with Crippen LogP contribution in [0.2, 0.25) is 5.15 Å². The van der Waals surface area contributed by atoms with Gasteiger partial charge in [-0.2, -0.15) is 0 Å². The second-order valence-electron chi connectivity index (χ2n) is 7.46. The molecule has 3 heterocycles. The number of rotatable bonds is 6. The Balaban J connectivity index is 1.50. The first-order valence-corrected chi connectivity index (χ1v) is 11.3. The topological polar surface area (TPSA) is 114 Å². The Morgan fingerprint density at radius 2 is 1.91 bits per heavy atom. The molecule has 5 rings (SSSR count). The molecule has 0 saturated heterocycles. The maximum absolute atomic E-state index is 12.2. The van der Waals surface area contributed by atoms with Crippen molar-refractivity contribution >= 4 is 57.0 Å². The Bertz CT molecular complexity index is 1320. The molecule has 1 fully saturated rings. The second-order valence-corrected chi connectivity index (χ2v) is 8.64. The zero-order chi connectivity index (χ0) is 22.2. The van der Waals surface area contributed by atoms with Crippen molar-refractivity contribution in [3.05, 3.63) is 66.1 Å². The summed E-state index contributed by atoms with van der Waals surface area (Å²) in [4.78, 5) is 23.7. The number of carbonyl (C=O) groups is 1. The molecule has 10 heteroatoms. The molecule has 1 aliphatic rings. The fourth-order valence-corrected chi connectivity index (χ4v) is 4.19. The number of halogens is 1. The second kappa shape index (κ2) is 8.34. The number of benzene rings is 1. The van der Waals surface area contributed by atoms with Gasteiger partial charge in [-0.25, -0.2) is 9.97 Å². The van der Waals surface area contributed by atoms with Gasteiger partial charge in [0.1, 0.15) is 16.6 Å². The van der Waals surface area contributed by atoms with Gasteiger partial charge in [-0.15, -0.1) is 0 Å². The van der Waals surface area contributed by atoms with Gasteiger partial charge in [0.25, 0.3) is 0 Å². The number of pyridine rings is 2. The smallest absolute Gasteiger partial charge is 0.228 e. The lowest BCUT2D eigenvalue weighted by Crippen LogP contribution is -2.19. The minimum absolute atomic E-state index is 0.0187. The molecule has 1 aromatic carbocycles. The number of fused-ring (bicyclic) bond motifs is 1. The SMILES string of the molecule is O=C(Nc1cc(-c2ccc(N(c3ccc(Cl)nc3)S(=O)[O-])cc2)c2cc[nH]c2n1)C1CC1. The fourth-order valence-electron chi connectivity index (χ4n) is 3.50. The quantitative estimate of drug-likeness (QED) is 0.319. The van der Waals surface area contributed by atoms with E-state index in [1.807, 2.05) is 24.3 Å². The van der Waals surface area contributed by atoms with Crippen LogP contribution < -0.4 is 9.62 Å². The molecule has 32 heavy (non-hydrogen) atoms. The molecule has 0 radical (unpaired) electrons. The van der Waals surface area contributed by atoms with E-state index < -0.39 is 11.3 Å². The Labute approximate surface area is 191 Å². The van der Waals surface area contributed by atoms with Crippen molar-refractivity contribution < 1.29 is 13.6 Å².